The lowest BCUT2D eigenvalue weighted by atomic mass is 10.2. The average molecular weight is 410 g/mol. The van der Waals surface area contributed by atoms with Crippen molar-refractivity contribution in [2.75, 3.05) is 18.4 Å². The van der Waals surface area contributed by atoms with Crippen LogP contribution in [0.4, 0.5) is 10.5 Å². The SMILES string of the molecule is CC(C)(C)OC(=O)NCCN/C=C(/C#N)C(=O)Nc1cccc(S(=O)(=O)O)c1. The van der Waals surface area contributed by atoms with Gasteiger partial charge >= 0.3 is 6.09 Å². The van der Waals surface area contributed by atoms with Gasteiger partial charge in [0.2, 0.25) is 0 Å². The van der Waals surface area contributed by atoms with Crippen molar-refractivity contribution >= 4 is 27.8 Å². The zero-order valence-corrected chi connectivity index (χ0v) is 16.5. The van der Waals surface area contributed by atoms with E-state index in [0.717, 1.165) is 12.1 Å². The van der Waals surface area contributed by atoms with E-state index in [1.165, 1.54) is 18.3 Å². The molecule has 0 unspecified atom stereocenters. The molecule has 0 bridgehead atoms. The van der Waals surface area contributed by atoms with Crippen LogP contribution in [0.15, 0.2) is 40.9 Å². The number of nitrogens with zero attached hydrogens (tertiary/aromatic N) is 1. The number of anilines is 1. The molecule has 1 rings (SSSR count). The molecule has 1 aromatic carbocycles. The van der Waals surface area contributed by atoms with Crippen molar-refractivity contribution in [3.63, 3.8) is 0 Å². The summed E-state index contributed by atoms with van der Waals surface area (Å²) in [7, 11) is -4.41. The predicted molar refractivity (Wildman–Crippen MR) is 101 cm³/mol. The van der Waals surface area contributed by atoms with Gasteiger partial charge in [0.15, 0.2) is 0 Å². The number of carbonyl (C=O) groups excluding carboxylic acids is 2. The molecule has 0 saturated carbocycles. The second-order valence-corrected chi connectivity index (χ2v) is 7.93. The summed E-state index contributed by atoms with van der Waals surface area (Å²) in [6.45, 7) is 5.63. The number of ether oxygens (including phenoxy) is 1. The minimum absolute atomic E-state index is 0.0906. The molecular weight excluding hydrogens is 388 g/mol. The number of carbonyl (C=O) groups is 2. The third kappa shape index (κ3) is 8.52. The molecule has 0 aliphatic heterocycles. The van der Waals surface area contributed by atoms with Gasteiger partial charge in [0.1, 0.15) is 17.2 Å². The Morgan fingerprint density at radius 3 is 2.54 bits per heavy atom. The Morgan fingerprint density at radius 1 is 1.29 bits per heavy atom. The average Bonchev–Trinajstić information content (AvgIpc) is 2.55. The first-order valence-corrected chi connectivity index (χ1v) is 9.56. The number of rotatable bonds is 7. The number of hydrogen-bond acceptors (Lipinski definition) is 7. The molecule has 28 heavy (non-hydrogen) atoms. The molecule has 0 aliphatic rings. The van der Waals surface area contributed by atoms with Crippen LogP contribution in [0.3, 0.4) is 0 Å². The van der Waals surface area contributed by atoms with E-state index in [1.807, 2.05) is 0 Å². The third-order valence-corrected chi connectivity index (χ3v) is 3.79. The van der Waals surface area contributed by atoms with Gasteiger partial charge in [-0.15, -0.1) is 0 Å². The van der Waals surface area contributed by atoms with Gasteiger partial charge in [-0.2, -0.15) is 13.7 Å². The fraction of sp³-hybridized carbons (Fsp3) is 0.353. The first kappa shape index (κ1) is 22.9. The maximum atomic E-state index is 12.1. The van der Waals surface area contributed by atoms with Crippen LogP contribution in [0.2, 0.25) is 0 Å². The molecule has 152 valence electrons. The van der Waals surface area contributed by atoms with E-state index in [1.54, 1.807) is 26.8 Å². The maximum absolute atomic E-state index is 12.1. The number of hydrogen-bond donors (Lipinski definition) is 4. The van der Waals surface area contributed by atoms with Crippen LogP contribution < -0.4 is 16.0 Å². The highest BCUT2D eigenvalue weighted by atomic mass is 32.2. The van der Waals surface area contributed by atoms with Crippen LogP contribution in [0.1, 0.15) is 20.8 Å². The van der Waals surface area contributed by atoms with E-state index in [4.69, 9.17) is 14.6 Å². The second kappa shape index (κ2) is 9.72. The molecule has 11 heteroatoms. The Labute approximate surface area is 163 Å². The van der Waals surface area contributed by atoms with Gasteiger partial charge < -0.3 is 20.7 Å². The number of amides is 2. The molecule has 4 N–H and O–H groups in total. The van der Waals surface area contributed by atoms with Gasteiger partial charge in [-0.25, -0.2) is 4.79 Å². The first-order chi connectivity index (χ1) is 12.9. The van der Waals surface area contributed by atoms with E-state index < -0.39 is 27.7 Å². The molecule has 0 aromatic heterocycles. The van der Waals surface area contributed by atoms with Crippen LogP contribution in [-0.2, 0) is 19.6 Å². The lowest BCUT2D eigenvalue weighted by molar-refractivity contribution is -0.112. The van der Waals surface area contributed by atoms with Crippen LogP contribution in [-0.4, -0.2) is 43.7 Å². The smallest absolute Gasteiger partial charge is 0.407 e. The molecule has 1 aromatic rings. The molecule has 0 fully saturated rings. The van der Waals surface area contributed by atoms with E-state index in [-0.39, 0.29) is 29.2 Å². The summed E-state index contributed by atoms with van der Waals surface area (Å²) in [4.78, 5) is 23.2. The first-order valence-electron chi connectivity index (χ1n) is 8.12. The molecule has 0 heterocycles. The standard InChI is InChI=1S/C17H22N4O6S/c1-17(2,3)27-16(23)20-8-7-19-11-12(10-18)15(22)21-13-5-4-6-14(9-13)28(24,25)26/h4-6,9,11,19H,7-8H2,1-3H3,(H,20,23)(H,21,22)(H,24,25,26)/b12-11-. The summed E-state index contributed by atoms with van der Waals surface area (Å²) in [5.41, 5.74) is -0.793. The summed E-state index contributed by atoms with van der Waals surface area (Å²) < 4.78 is 36.3. The monoisotopic (exact) mass is 410 g/mol. The van der Waals surface area contributed by atoms with Gasteiger partial charge in [0.05, 0.1) is 4.90 Å². The molecule has 2 amide bonds. The summed E-state index contributed by atoms with van der Waals surface area (Å²) in [6.07, 6.45) is 0.578. The van der Waals surface area contributed by atoms with Crippen LogP contribution in [0.5, 0.6) is 0 Å². The minimum atomic E-state index is -4.41. The molecular formula is C17H22N4O6S. The number of nitrogens with one attached hydrogen (secondary N) is 3. The van der Waals surface area contributed by atoms with Crippen molar-refractivity contribution in [3.8, 4) is 6.07 Å². The topological polar surface area (TPSA) is 158 Å². The second-order valence-electron chi connectivity index (χ2n) is 6.51. The van der Waals surface area contributed by atoms with Crippen molar-refractivity contribution in [2.45, 2.75) is 31.3 Å². The highest BCUT2D eigenvalue weighted by molar-refractivity contribution is 7.85. The highest BCUT2D eigenvalue weighted by Crippen LogP contribution is 2.15. The van der Waals surface area contributed by atoms with Crippen molar-refractivity contribution in [1.82, 2.24) is 10.6 Å². The molecule has 0 aliphatic carbocycles. The summed E-state index contributed by atoms with van der Waals surface area (Å²) >= 11 is 0. The quantitative estimate of drug-likeness (QED) is 0.227. The van der Waals surface area contributed by atoms with Crippen molar-refractivity contribution in [3.05, 3.63) is 36.0 Å². The van der Waals surface area contributed by atoms with Gasteiger partial charge in [-0.1, -0.05) is 6.07 Å². The summed E-state index contributed by atoms with van der Waals surface area (Å²) in [5.74, 6) is -0.775. The van der Waals surface area contributed by atoms with Gasteiger partial charge in [0, 0.05) is 25.0 Å². The highest BCUT2D eigenvalue weighted by Gasteiger charge is 2.15. The van der Waals surface area contributed by atoms with E-state index in [9.17, 15) is 18.0 Å². The Hall–Kier alpha value is -3.10. The van der Waals surface area contributed by atoms with Crippen LogP contribution >= 0.6 is 0 Å². The molecule has 0 saturated heterocycles. The Balaban J connectivity index is 2.58. The zero-order chi connectivity index (χ0) is 21.4. The largest absolute Gasteiger partial charge is 0.444 e. The minimum Gasteiger partial charge on any atom is -0.444 e. The lowest BCUT2D eigenvalue weighted by Gasteiger charge is -2.19. The lowest BCUT2D eigenvalue weighted by Crippen LogP contribution is -2.35. The Bertz CT molecular complexity index is 897. The predicted octanol–water partition coefficient (Wildman–Crippen LogP) is 1.39. The third-order valence-electron chi connectivity index (χ3n) is 2.94. The Kier molecular flexibility index (Phi) is 7.97. The normalized spacial score (nSPS) is 11.9. The number of nitriles is 1. The van der Waals surface area contributed by atoms with Crippen molar-refractivity contribution in [2.24, 2.45) is 0 Å². The zero-order valence-electron chi connectivity index (χ0n) is 15.6. The van der Waals surface area contributed by atoms with Gasteiger partial charge in [0.25, 0.3) is 16.0 Å². The van der Waals surface area contributed by atoms with Gasteiger partial charge in [-0.3, -0.25) is 9.35 Å². The fourth-order valence-electron chi connectivity index (χ4n) is 1.81. The van der Waals surface area contributed by atoms with E-state index in [2.05, 4.69) is 16.0 Å². The van der Waals surface area contributed by atoms with Gasteiger partial charge in [-0.05, 0) is 39.0 Å². The molecule has 10 nitrogen and oxygen atoms in total. The summed E-state index contributed by atoms with van der Waals surface area (Å²) in [6, 6.07) is 6.65. The maximum Gasteiger partial charge on any atom is 0.407 e. The number of alkyl carbamates (subject to hydrolysis) is 1. The number of benzene rings is 1. The molecule has 0 spiro atoms. The van der Waals surface area contributed by atoms with E-state index >= 15 is 0 Å². The van der Waals surface area contributed by atoms with Crippen molar-refractivity contribution < 1.29 is 27.3 Å². The van der Waals surface area contributed by atoms with Crippen LogP contribution in [0, 0.1) is 11.3 Å². The summed E-state index contributed by atoms with van der Waals surface area (Å²) in [5, 5.41) is 16.7. The van der Waals surface area contributed by atoms with Crippen LogP contribution in [0.25, 0.3) is 0 Å². The Morgan fingerprint density at radius 2 is 1.96 bits per heavy atom. The van der Waals surface area contributed by atoms with Crippen molar-refractivity contribution in [1.29, 1.82) is 5.26 Å². The molecule has 0 radical (unpaired) electrons. The fourth-order valence-corrected chi connectivity index (χ4v) is 2.33. The van der Waals surface area contributed by atoms with E-state index in [0.29, 0.717) is 0 Å². The molecule has 0 atom stereocenters.